The number of hydrogen-bond donors (Lipinski definition) is 1. The molecule has 2 aromatic rings. The summed E-state index contributed by atoms with van der Waals surface area (Å²) in [6.45, 7) is 2.93. The van der Waals surface area contributed by atoms with Gasteiger partial charge >= 0.3 is 0 Å². The van der Waals surface area contributed by atoms with Gasteiger partial charge in [-0.3, -0.25) is 4.90 Å². The molecule has 0 spiro atoms. The summed E-state index contributed by atoms with van der Waals surface area (Å²) >= 11 is 6.06. The van der Waals surface area contributed by atoms with Crippen molar-refractivity contribution in [1.29, 1.82) is 0 Å². The molecular formula is C19H21ClFNO3. The van der Waals surface area contributed by atoms with Crippen molar-refractivity contribution < 1.29 is 19.0 Å². The van der Waals surface area contributed by atoms with Crippen LogP contribution in [0.2, 0.25) is 5.02 Å². The molecule has 1 fully saturated rings. The van der Waals surface area contributed by atoms with Crippen molar-refractivity contribution >= 4 is 11.6 Å². The highest BCUT2D eigenvalue weighted by Gasteiger charge is 2.18. The molecule has 0 amide bonds. The molecule has 1 saturated heterocycles. The van der Waals surface area contributed by atoms with Gasteiger partial charge in [-0.1, -0.05) is 35.9 Å². The zero-order valence-corrected chi connectivity index (χ0v) is 14.6. The van der Waals surface area contributed by atoms with Gasteiger partial charge in [0.2, 0.25) is 0 Å². The van der Waals surface area contributed by atoms with E-state index in [2.05, 4.69) is 4.90 Å². The monoisotopic (exact) mass is 365 g/mol. The zero-order valence-electron chi connectivity index (χ0n) is 13.8. The molecule has 0 aliphatic carbocycles. The molecule has 3 rings (SSSR count). The Kier molecular flexibility index (Phi) is 6.26. The fraction of sp³-hybridized carbons (Fsp3) is 0.368. The van der Waals surface area contributed by atoms with Crippen LogP contribution in [0, 0.1) is 5.82 Å². The Morgan fingerprint density at radius 2 is 2.08 bits per heavy atom. The molecule has 1 atom stereocenters. The molecule has 0 unspecified atom stereocenters. The van der Waals surface area contributed by atoms with E-state index in [0.717, 1.165) is 12.1 Å². The van der Waals surface area contributed by atoms with Crippen LogP contribution in [0.3, 0.4) is 0 Å². The first-order valence-electron chi connectivity index (χ1n) is 8.25. The number of β-amino-alcohol motifs (C(OH)–C–C–N with tert-alkyl or cyclic N) is 1. The molecule has 1 aliphatic rings. The van der Waals surface area contributed by atoms with Crippen LogP contribution in [0.15, 0.2) is 42.5 Å². The van der Waals surface area contributed by atoms with Gasteiger partial charge in [-0.15, -0.1) is 0 Å². The highest BCUT2D eigenvalue weighted by Crippen LogP contribution is 2.25. The predicted octanol–water partition coefficient (Wildman–Crippen LogP) is 3.25. The number of ether oxygens (including phenoxy) is 2. The molecule has 4 nitrogen and oxygen atoms in total. The lowest BCUT2D eigenvalue weighted by molar-refractivity contribution is 0.0562. The molecular weight excluding hydrogens is 345 g/mol. The van der Waals surface area contributed by atoms with Gasteiger partial charge in [0.15, 0.2) is 0 Å². The number of hydrogen-bond acceptors (Lipinski definition) is 4. The summed E-state index contributed by atoms with van der Waals surface area (Å²) in [5, 5.41) is 10.2. The van der Waals surface area contributed by atoms with Crippen LogP contribution >= 0.6 is 11.6 Å². The summed E-state index contributed by atoms with van der Waals surface area (Å²) in [7, 11) is 0. The molecule has 0 bridgehead atoms. The normalized spacial score (nSPS) is 18.8. The van der Waals surface area contributed by atoms with Gasteiger partial charge in [-0.05, 0) is 18.2 Å². The van der Waals surface area contributed by atoms with Crippen LogP contribution in [-0.4, -0.2) is 42.4 Å². The molecule has 1 N–H and O–H groups in total. The van der Waals surface area contributed by atoms with Gasteiger partial charge in [0.25, 0.3) is 0 Å². The first-order chi connectivity index (χ1) is 12.1. The highest BCUT2D eigenvalue weighted by molar-refractivity contribution is 6.31. The van der Waals surface area contributed by atoms with E-state index in [1.807, 2.05) is 24.3 Å². The lowest BCUT2D eigenvalue weighted by atomic mass is 10.1. The predicted molar refractivity (Wildman–Crippen MR) is 94.3 cm³/mol. The third kappa shape index (κ3) is 4.92. The lowest BCUT2D eigenvalue weighted by Gasteiger charge is -2.22. The minimum atomic E-state index is -0.493. The van der Waals surface area contributed by atoms with E-state index in [-0.39, 0.29) is 12.4 Å². The fourth-order valence-corrected chi connectivity index (χ4v) is 3.05. The summed E-state index contributed by atoms with van der Waals surface area (Å²) in [5.74, 6) is 0.305. The molecule has 25 heavy (non-hydrogen) atoms. The SMILES string of the molecule is O[C@H]1COCCN(Cc2ccccc2OCc2c(F)cccc2Cl)C1. The highest BCUT2D eigenvalue weighted by atomic mass is 35.5. The second kappa shape index (κ2) is 8.63. The smallest absolute Gasteiger partial charge is 0.131 e. The summed E-state index contributed by atoms with van der Waals surface area (Å²) in [6, 6.07) is 12.2. The van der Waals surface area contributed by atoms with Crippen molar-refractivity contribution in [3.8, 4) is 5.75 Å². The number of nitrogens with zero attached hydrogens (tertiary/aromatic N) is 1. The van der Waals surface area contributed by atoms with Crippen molar-refractivity contribution in [2.24, 2.45) is 0 Å². The van der Waals surface area contributed by atoms with Crippen LogP contribution < -0.4 is 4.74 Å². The van der Waals surface area contributed by atoms with Crippen LogP contribution in [0.5, 0.6) is 5.75 Å². The molecule has 134 valence electrons. The Hall–Kier alpha value is -1.66. The number of halogens is 2. The summed E-state index contributed by atoms with van der Waals surface area (Å²) in [6.07, 6.45) is -0.493. The third-order valence-electron chi connectivity index (χ3n) is 4.13. The number of aliphatic hydroxyl groups is 1. The zero-order chi connectivity index (χ0) is 17.6. The van der Waals surface area contributed by atoms with E-state index in [1.54, 1.807) is 12.1 Å². The molecule has 0 radical (unpaired) electrons. The Labute approximate surface area is 151 Å². The second-order valence-corrected chi connectivity index (χ2v) is 6.47. The quantitative estimate of drug-likeness (QED) is 0.883. The van der Waals surface area contributed by atoms with Gasteiger partial charge in [-0.25, -0.2) is 4.39 Å². The van der Waals surface area contributed by atoms with E-state index >= 15 is 0 Å². The molecule has 0 aromatic heterocycles. The maximum absolute atomic E-state index is 13.9. The Morgan fingerprint density at radius 1 is 1.24 bits per heavy atom. The van der Waals surface area contributed by atoms with E-state index < -0.39 is 6.10 Å². The molecule has 0 saturated carbocycles. The second-order valence-electron chi connectivity index (χ2n) is 6.06. The van der Waals surface area contributed by atoms with Crippen LogP contribution in [0.25, 0.3) is 0 Å². The Morgan fingerprint density at radius 3 is 2.92 bits per heavy atom. The average molecular weight is 366 g/mol. The van der Waals surface area contributed by atoms with E-state index in [9.17, 15) is 9.50 Å². The van der Waals surface area contributed by atoms with Crippen molar-refractivity contribution in [1.82, 2.24) is 4.90 Å². The summed E-state index contributed by atoms with van der Waals surface area (Å²) in [4.78, 5) is 2.12. The van der Waals surface area contributed by atoms with Crippen molar-refractivity contribution in [3.63, 3.8) is 0 Å². The number of para-hydroxylation sites is 1. The first-order valence-corrected chi connectivity index (χ1v) is 8.63. The number of aliphatic hydroxyl groups excluding tert-OH is 1. The van der Waals surface area contributed by atoms with E-state index in [1.165, 1.54) is 6.07 Å². The first kappa shape index (κ1) is 18.1. The molecule has 2 aromatic carbocycles. The molecule has 1 heterocycles. The number of benzene rings is 2. The van der Waals surface area contributed by atoms with Crippen molar-refractivity contribution in [2.75, 3.05) is 26.3 Å². The summed E-state index contributed by atoms with van der Waals surface area (Å²) in [5.41, 5.74) is 1.32. The lowest BCUT2D eigenvalue weighted by Crippen LogP contribution is -2.32. The molecule has 6 heteroatoms. The van der Waals surface area contributed by atoms with Crippen molar-refractivity contribution in [3.05, 3.63) is 64.4 Å². The van der Waals surface area contributed by atoms with E-state index in [0.29, 0.717) is 42.6 Å². The van der Waals surface area contributed by atoms with Crippen LogP contribution in [-0.2, 0) is 17.9 Å². The fourth-order valence-electron chi connectivity index (χ4n) is 2.83. The van der Waals surface area contributed by atoms with E-state index in [4.69, 9.17) is 21.1 Å². The van der Waals surface area contributed by atoms with Gasteiger partial charge in [0.05, 0.1) is 24.3 Å². The Balaban J connectivity index is 1.70. The van der Waals surface area contributed by atoms with Crippen LogP contribution in [0.1, 0.15) is 11.1 Å². The van der Waals surface area contributed by atoms with Gasteiger partial charge in [0, 0.05) is 30.8 Å². The maximum Gasteiger partial charge on any atom is 0.131 e. The van der Waals surface area contributed by atoms with Crippen molar-refractivity contribution in [2.45, 2.75) is 19.3 Å². The third-order valence-corrected chi connectivity index (χ3v) is 4.49. The topological polar surface area (TPSA) is 41.9 Å². The standard InChI is InChI=1S/C19H21ClFNO3/c20-17-5-3-6-18(21)16(17)13-25-19-7-2-1-4-14(19)10-22-8-9-24-12-15(23)11-22/h1-7,15,23H,8-13H2/t15-/m1/s1. The van der Waals surface area contributed by atoms with Gasteiger partial charge in [-0.2, -0.15) is 0 Å². The minimum absolute atomic E-state index is 0.0637. The van der Waals surface area contributed by atoms with Gasteiger partial charge < -0.3 is 14.6 Å². The summed E-state index contributed by atoms with van der Waals surface area (Å²) < 4.78 is 25.1. The minimum Gasteiger partial charge on any atom is -0.488 e. The number of rotatable bonds is 5. The Bertz CT molecular complexity index is 693. The molecule has 1 aliphatic heterocycles. The largest absolute Gasteiger partial charge is 0.488 e. The average Bonchev–Trinajstić information content (AvgIpc) is 2.80. The maximum atomic E-state index is 13.9. The van der Waals surface area contributed by atoms with Gasteiger partial charge in [0.1, 0.15) is 18.2 Å². The van der Waals surface area contributed by atoms with Crippen LogP contribution in [0.4, 0.5) is 4.39 Å².